The summed E-state index contributed by atoms with van der Waals surface area (Å²) in [5.41, 5.74) is 1.28. The Kier molecular flexibility index (Phi) is 7.01. The zero-order valence-electron chi connectivity index (χ0n) is 18.4. The predicted molar refractivity (Wildman–Crippen MR) is 113 cm³/mol. The summed E-state index contributed by atoms with van der Waals surface area (Å²) >= 11 is 0. The van der Waals surface area contributed by atoms with Gasteiger partial charge in [0.1, 0.15) is 0 Å². The lowest BCUT2D eigenvalue weighted by Crippen LogP contribution is -2.50. The van der Waals surface area contributed by atoms with Gasteiger partial charge in [-0.2, -0.15) is 0 Å². The number of carbonyl (C=O) groups excluding carboxylic acids is 3. The summed E-state index contributed by atoms with van der Waals surface area (Å²) in [7, 11) is 0. The number of hydrogen-bond acceptors (Lipinski definition) is 3. The first-order chi connectivity index (χ1) is 13.8. The summed E-state index contributed by atoms with van der Waals surface area (Å²) in [5, 5.41) is 3.15. The first-order valence-corrected chi connectivity index (χ1v) is 11.3. The second-order valence-corrected chi connectivity index (χ2v) is 9.53. The standard InChI is InChI=1S/C23H37N3O3/c1-15(2)21-12-19(13-22(28)26-9-7-25(8-10-26)17(4)27)16(3)11-20(21)14-24-23(29)18-5-6-18/h11,15,18-21H,5-10,12-14H2,1-4H3,(H,24,29)/t19-,20-,21-/m0/s1. The van der Waals surface area contributed by atoms with E-state index in [0.29, 0.717) is 56.9 Å². The van der Waals surface area contributed by atoms with E-state index in [-0.39, 0.29) is 29.6 Å². The highest BCUT2D eigenvalue weighted by atomic mass is 16.2. The Hall–Kier alpha value is -1.85. The highest BCUT2D eigenvalue weighted by molar-refractivity contribution is 5.80. The predicted octanol–water partition coefficient (Wildman–Crippen LogP) is 2.45. The molecular formula is C23H37N3O3. The van der Waals surface area contributed by atoms with Crippen molar-refractivity contribution in [1.82, 2.24) is 15.1 Å². The van der Waals surface area contributed by atoms with Crippen LogP contribution < -0.4 is 5.32 Å². The first-order valence-electron chi connectivity index (χ1n) is 11.3. The van der Waals surface area contributed by atoms with E-state index in [4.69, 9.17) is 0 Å². The van der Waals surface area contributed by atoms with E-state index in [0.717, 1.165) is 19.3 Å². The van der Waals surface area contributed by atoms with Crippen LogP contribution in [0.15, 0.2) is 11.6 Å². The fourth-order valence-electron chi connectivity index (χ4n) is 4.83. The summed E-state index contributed by atoms with van der Waals surface area (Å²) in [4.78, 5) is 40.1. The third-order valence-corrected chi connectivity index (χ3v) is 7.04. The van der Waals surface area contributed by atoms with E-state index in [9.17, 15) is 14.4 Å². The molecule has 0 spiro atoms. The Labute approximate surface area is 175 Å². The number of nitrogens with one attached hydrogen (secondary N) is 1. The molecule has 6 heteroatoms. The molecule has 162 valence electrons. The Bertz CT molecular complexity index is 660. The fourth-order valence-corrected chi connectivity index (χ4v) is 4.83. The highest BCUT2D eigenvalue weighted by Crippen LogP contribution is 2.39. The molecule has 3 amide bonds. The normalized spacial score (nSPS) is 27.6. The molecule has 1 saturated heterocycles. The van der Waals surface area contributed by atoms with Gasteiger partial charge < -0.3 is 15.1 Å². The van der Waals surface area contributed by atoms with E-state index in [1.54, 1.807) is 6.92 Å². The molecule has 3 rings (SSSR count). The Morgan fingerprint density at radius 2 is 1.72 bits per heavy atom. The number of amides is 3. The molecule has 3 atom stereocenters. The smallest absolute Gasteiger partial charge is 0.223 e. The van der Waals surface area contributed by atoms with Crippen LogP contribution in [0.2, 0.25) is 0 Å². The molecule has 3 aliphatic rings. The second-order valence-electron chi connectivity index (χ2n) is 9.53. The lowest BCUT2D eigenvalue weighted by Gasteiger charge is -2.39. The monoisotopic (exact) mass is 403 g/mol. The Morgan fingerprint density at radius 3 is 2.28 bits per heavy atom. The van der Waals surface area contributed by atoms with Crippen LogP contribution in [0.1, 0.15) is 53.4 Å². The van der Waals surface area contributed by atoms with Crippen molar-refractivity contribution in [3.8, 4) is 0 Å². The quantitative estimate of drug-likeness (QED) is 0.693. The van der Waals surface area contributed by atoms with Gasteiger partial charge in [-0.05, 0) is 49.9 Å². The van der Waals surface area contributed by atoms with E-state index in [2.05, 4.69) is 32.2 Å². The molecule has 1 aliphatic heterocycles. The van der Waals surface area contributed by atoms with Gasteiger partial charge >= 0.3 is 0 Å². The van der Waals surface area contributed by atoms with Crippen LogP contribution in [0.4, 0.5) is 0 Å². The summed E-state index contributed by atoms with van der Waals surface area (Å²) in [6.07, 6.45) is 5.93. The minimum absolute atomic E-state index is 0.0859. The molecule has 2 aliphatic carbocycles. The van der Waals surface area contributed by atoms with Crippen LogP contribution in [0.5, 0.6) is 0 Å². The molecule has 6 nitrogen and oxygen atoms in total. The van der Waals surface area contributed by atoms with Crippen molar-refractivity contribution in [3.05, 3.63) is 11.6 Å². The number of hydrogen-bond donors (Lipinski definition) is 1. The SMILES string of the molecule is CC(=O)N1CCN(C(=O)C[C@@H]2C[C@@H](C(C)C)[C@H](CNC(=O)C3CC3)C=C2C)CC1. The molecular weight excluding hydrogens is 366 g/mol. The second kappa shape index (κ2) is 9.31. The average molecular weight is 404 g/mol. The van der Waals surface area contributed by atoms with Crippen LogP contribution in [-0.4, -0.2) is 60.2 Å². The topological polar surface area (TPSA) is 69.7 Å². The van der Waals surface area contributed by atoms with Gasteiger partial charge in [0, 0.05) is 52.0 Å². The van der Waals surface area contributed by atoms with E-state index >= 15 is 0 Å². The summed E-state index contributed by atoms with van der Waals surface area (Å²) in [6, 6.07) is 0. The molecule has 2 fully saturated rings. The van der Waals surface area contributed by atoms with Crippen molar-refractivity contribution < 1.29 is 14.4 Å². The molecule has 0 bridgehead atoms. The van der Waals surface area contributed by atoms with E-state index in [1.807, 2.05) is 9.80 Å². The van der Waals surface area contributed by atoms with Crippen molar-refractivity contribution in [3.63, 3.8) is 0 Å². The van der Waals surface area contributed by atoms with Gasteiger partial charge in [0.25, 0.3) is 0 Å². The molecule has 0 aromatic carbocycles. The molecule has 0 radical (unpaired) electrons. The first kappa shape index (κ1) is 21.8. The number of allylic oxidation sites excluding steroid dienone is 1. The number of nitrogens with zero attached hydrogens (tertiary/aromatic N) is 2. The largest absolute Gasteiger partial charge is 0.355 e. The Morgan fingerprint density at radius 1 is 1.10 bits per heavy atom. The minimum Gasteiger partial charge on any atom is -0.355 e. The van der Waals surface area contributed by atoms with Gasteiger partial charge in [-0.15, -0.1) is 0 Å². The van der Waals surface area contributed by atoms with Gasteiger partial charge in [0.15, 0.2) is 0 Å². The van der Waals surface area contributed by atoms with Gasteiger partial charge in [-0.25, -0.2) is 0 Å². The lowest BCUT2D eigenvalue weighted by molar-refractivity contribution is -0.139. The van der Waals surface area contributed by atoms with Crippen LogP contribution >= 0.6 is 0 Å². The van der Waals surface area contributed by atoms with Crippen molar-refractivity contribution >= 4 is 17.7 Å². The maximum Gasteiger partial charge on any atom is 0.223 e. The van der Waals surface area contributed by atoms with E-state index in [1.165, 1.54) is 5.57 Å². The summed E-state index contributed by atoms with van der Waals surface area (Å²) < 4.78 is 0. The van der Waals surface area contributed by atoms with Gasteiger partial charge in [0.05, 0.1) is 0 Å². The van der Waals surface area contributed by atoms with Gasteiger partial charge in [-0.3, -0.25) is 14.4 Å². The molecule has 0 unspecified atom stereocenters. The summed E-state index contributed by atoms with van der Waals surface area (Å²) in [5.74, 6) is 2.36. The van der Waals surface area contributed by atoms with Crippen LogP contribution in [0.3, 0.4) is 0 Å². The molecule has 0 aromatic rings. The van der Waals surface area contributed by atoms with Crippen molar-refractivity contribution in [2.45, 2.75) is 53.4 Å². The van der Waals surface area contributed by atoms with E-state index < -0.39 is 0 Å². The summed E-state index contributed by atoms with van der Waals surface area (Å²) in [6.45, 7) is 11.5. The van der Waals surface area contributed by atoms with Crippen LogP contribution in [-0.2, 0) is 14.4 Å². The molecule has 1 N–H and O–H groups in total. The number of piperazine rings is 1. The third kappa shape index (κ3) is 5.61. The molecule has 0 aromatic heterocycles. The lowest BCUT2D eigenvalue weighted by atomic mass is 9.69. The average Bonchev–Trinajstić information content (AvgIpc) is 3.52. The zero-order valence-corrected chi connectivity index (χ0v) is 18.4. The molecule has 1 saturated carbocycles. The van der Waals surface area contributed by atoms with Crippen LogP contribution in [0.25, 0.3) is 0 Å². The van der Waals surface area contributed by atoms with Crippen molar-refractivity contribution in [2.24, 2.45) is 29.6 Å². The van der Waals surface area contributed by atoms with Crippen molar-refractivity contribution in [2.75, 3.05) is 32.7 Å². The van der Waals surface area contributed by atoms with Gasteiger partial charge in [0.2, 0.25) is 17.7 Å². The van der Waals surface area contributed by atoms with Crippen LogP contribution in [0, 0.1) is 29.6 Å². The maximum atomic E-state index is 12.9. The van der Waals surface area contributed by atoms with Gasteiger partial charge in [-0.1, -0.05) is 25.5 Å². The van der Waals surface area contributed by atoms with Crippen molar-refractivity contribution in [1.29, 1.82) is 0 Å². The fraction of sp³-hybridized carbons (Fsp3) is 0.783. The zero-order chi connectivity index (χ0) is 21.1. The minimum atomic E-state index is 0.0859. The molecule has 29 heavy (non-hydrogen) atoms. The molecule has 1 heterocycles. The number of carbonyl (C=O) groups is 3. The highest BCUT2D eigenvalue weighted by Gasteiger charge is 2.35. The Balaban J connectivity index is 1.56. The third-order valence-electron chi connectivity index (χ3n) is 7.04. The number of rotatable bonds is 6. The maximum absolute atomic E-state index is 12.9.